The SMILES string of the molecule is CN(CC(=O)N(C)Cc1cc(Br)cs1)CC1CCCN1c1cccnn1. The number of hydrogen-bond acceptors (Lipinski definition) is 6. The van der Waals surface area contributed by atoms with Crippen LogP contribution < -0.4 is 4.90 Å². The van der Waals surface area contributed by atoms with Gasteiger partial charge in [0, 0.05) is 47.1 Å². The molecule has 26 heavy (non-hydrogen) atoms. The second-order valence-electron chi connectivity index (χ2n) is 6.75. The normalized spacial score (nSPS) is 17.1. The zero-order valence-electron chi connectivity index (χ0n) is 15.1. The number of thiophene rings is 1. The maximum Gasteiger partial charge on any atom is 0.236 e. The molecule has 0 aliphatic carbocycles. The molecule has 1 saturated heterocycles. The summed E-state index contributed by atoms with van der Waals surface area (Å²) in [7, 11) is 3.88. The van der Waals surface area contributed by atoms with Gasteiger partial charge in [0.1, 0.15) is 0 Å². The molecule has 140 valence electrons. The third kappa shape index (κ3) is 5.02. The predicted octanol–water partition coefficient (Wildman–Crippen LogP) is 2.86. The highest BCUT2D eigenvalue weighted by Crippen LogP contribution is 2.24. The van der Waals surface area contributed by atoms with Crippen LogP contribution in [0.5, 0.6) is 0 Å². The Kier molecular flexibility index (Phi) is 6.61. The maximum absolute atomic E-state index is 12.5. The quantitative estimate of drug-likeness (QED) is 0.666. The first-order valence-corrected chi connectivity index (χ1v) is 10.4. The fraction of sp³-hybridized carbons (Fsp3) is 0.500. The van der Waals surface area contributed by atoms with Crippen LogP contribution in [0.2, 0.25) is 0 Å². The van der Waals surface area contributed by atoms with Gasteiger partial charge in [-0.1, -0.05) is 0 Å². The molecule has 0 N–H and O–H groups in total. The molecule has 1 atom stereocenters. The van der Waals surface area contributed by atoms with Gasteiger partial charge in [0.25, 0.3) is 0 Å². The summed E-state index contributed by atoms with van der Waals surface area (Å²) in [4.78, 5) is 19.9. The highest BCUT2D eigenvalue weighted by Gasteiger charge is 2.27. The number of rotatable bonds is 7. The molecule has 0 spiro atoms. The molecule has 1 aliphatic rings. The highest BCUT2D eigenvalue weighted by molar-refractivity contribution is 9.10. The van der Waals surface area contributed by atoms with E-state index in [0.717, 1.165) is 36.2 Å². The molecular weight excluding hydrogens is 414 g/mol. The summed E-state index contributed by atoms with van der Waals surface area (Å²) in [5.41, 5.74) is 0. The van der Waals surface area contributed by atoms with Gasteiger partial charge in [-0.15, -0.1) is 16.4 Å². The third-order valence-corrected chi connectivity index (χ3v) is 6.28. The number of carbonyl (C=O) groups is 1. The van der Waals surface area contributed by atoms with E-state index in [4.69, 9.17) is 0 Å². The molecule has 6 nitrogen and oxygen atoms in total. The summed E-state index contributed by atoms with van der Waals surface area (Å²) < 4.78 is 1.07. The molecule has 1 aliphatic heterocycles. The van der Waals surface area contributed by atoms with E-state index in [2.05, 4.69) is 42.0 Å². The van der Waals surface area contributed by atoms with E-state index in [9.17, 15) is 4.79 Å². The van der Waals surface area contributed by atoms with E-state index in [-0.39, 0.29) is 5.91 Å². The third-order valence-electron chi connectivity index (χ3n) is 4.60. The van der Waals surface area contributed by atoms with Gasteiger partial charge in [0.15, 0.2) is 5.82 Å². The minimum Gasteiger partial charge on any atom is -0.351 e. The summed E-state index contributed by atoms with van der Waals surface area (Å²) in [5.74, 6) is 1.07. The predicted molar refractivity (Wildman–Crippen MR) is 108 cm³/mol. The average Bonchev–Trinajstić information content (AvgIpc) is 3.24. The van der Waals surface area contributed by atoms with Crippen molar-refractivity contribution in [3.8, 4) is 0 Å². The van der Waals surface area contributed by atoms with E-state index >= 15 is 0 Å². The number of nitrogens with zero attached hydrogens (tertiary/aromatic N) is 5. The molecule has 8 heteroatoms. The van der Waals surface area contributed by atoms with Crippen LogP contribution in [0.4, 0.5) is 5.82 Å². The zero-order valence-corrected chi connectivity index (χ0v) is 17.5. The smallest absolute Gasteiger partial charge is 0.236 e. The Hall–Kier alpha value is -1.51. The Bertz CT molecular complexity index is 725. The molecule has 0 radical (unpaired) electrons. The number of aromatic nitrogens is 2. The highest BCUT2D eigenvalue weighted by atomic mass is 79.9. The Morgan fingerprint density at radius 1 is 1.46 bits per heavy atom. The molecule has 0 bridgehead atoms. The monoisotopic (exact) mass is 437 g/mol. The van der Waals surface area contributed by atoms with Crippen molar-refractivity contribution >= 4 is 39.0 Å². The lowest BCUT2D eigenvalue weighted by atomic mass is 10.2. The van der Waals surface area contributed by atoms with Gasteiger partial charge in [-0.3, -0.25) is 9.69 Å². The Morgan fingerprint density at radius 3 is 3.00 bits per heavy atom. The van der Waals surface area contributed by atoms with Crippen LogP contribution >= 0.6 is 27.3 Å². The first-order valence-electron chi connectivity index (χ1n) is 8.72. The summed E-state index contributed by atoms with van der Waals surface area (Å²) in [5, 5.41) is 10.3. The fourth-order valence-corrected chi connectivity index (χ4v) is 4.81. The standard InChI is InChI=1S/C18H24BrN5OS/c1-22(12-18(25)23(2)11-16-9-14(19)13-26-16)10-15-5-4-8-24(15)17-6-3-7-20-21-17/h3,6-7,9,13,15H,4-5,8,10-12H2,1-2H3. The van der Waals surface area contributed by atoms with Gasteiger partial charge in [0.2, 0.25) is 5.91 Å². The van der Waals surface area contributed by atoms with Gasteiger partial charge >= 0.3 is 0 Å². The largest absolute Gasteiger partial charge is 0.351 e. The minimum absolute atomic E-state index is 0.140. The second-order valence-corrected chi connectivity index (χ2v) is 8.66. The molecule has 0 aromatic carbocycles. The van der Waals surface area contributed by atoms with Crippen molar-refractivity contribution in [2.75, 3.05) is 38.6 Å². The number of halogens is 1. The topological polar surface area (TPSA) is 52.6 Å². The molecule has 1 amide bonds. The van der Waals surface area contributed by atoms with Crippen molar-refractivity contribution in [1.82, 2.24) is 20.0 Å². The lowest BCUT2D eigenvalue weighted by Gasteiger charge is -2.29. The average molecular weight is 438 g/mol. The van der Waals surface area contributed by atoms with E-state index in [1.807, 2.05) is 31.6 Å². The number of amides is 1. The van der Waals surface area contributed by atoms with Crippen molar-refractivity contribution in [1.29, 1.82) is 0 Å². The Morgan fingerprint density at radius 2 is 2.31 bits per heavy atom. The number of likely N-dealkylation sites (N-methyl/N-ethyl adjacent to an activating group) is 2. The Balaban J connectivity index is 1.51. The lowest BCUT2D eigenvalue weighted by Crippen LogP contribution is -2.43. The maximum atomic E-state index is 12.5. The minimum atomic E-state index is 0.140. The van der Waals surface area contributed by atoms with E-state index in [1.54, 1.807) is 22.4 Å². The first kappa shape index (κ1) is 19.3. The van der Waals surface area contributed by atoms with E-state index < -0.39 is 0 Å². The van der Waals surface area contributed by atoms with Crippen LogP contribution in [0.25, 0.3) is 0 Å². The number of carbonyl (C=O) groups excluding carboxylic acids is 1. The van der Waals surface area contributed by atoms with Gasteiger partial charge in [-0.2, -0.15) is 5.10 Å². The molecule has 0 saturated carbocycles. The molecule has 2 aromatic heterocycles. The van der Waals surface area contributed by atoms with Crippen molar-refractivity contribution in [3.05, 3.63) is 39.1 Å². The van der Waals surface area contributed by atoms with E-state index in [1.165, 1.54) is 4.88 Å². The van der Waals surface area contributed by atoms with Crippen LogP contribution in [0.3, 0.4) is 0 Å². The molecule has 1 fully saturated rings. The van der Waals surface area contributed by atoms with Gasteiger partial charge < -0.3 is 9.80 Å². The van der Waals surface area contributed by atoms with Crippen LogP contribution in [-0.4, -0.2) is 65.7 Å². The van der Waals surface area contributed by atoms with Crippen LogP contribution in [0.15, 0.2) is 34.2 Å². The van der Waals surface area contributed by atoms with Crippen molar-refractivity contribution in [2.45, 2.75) is 25.4 Å². The molecule has 1 unspecified atom stereocenters. The summed E-state index contributed by atoms with van der Waals surface area (Å²) in [6.45, 7) is 2.92. The van der Waals surface area contributed by atoms with Gasteiger partial charge in [-0.05, 0) is 54.0 Å². The lowest BCUT2D eigenvalue weighted by molar-refractivity contribution is -0.131. The van der Waals surface area contributed by atoms with Gasteiger partial charge in [0.05, 0.1) is 13.1 Å². The zero-order chi connectivity index (χ0) is 18.5. The van der Waals surface area contributed by atoms with Crippen molar-refractivity contribution < 1.29 is 4.79 Å². The number of anilines is 1. The second kappa shape index (κ2) is 8.92. The van der Waals surface area contributed by atoms with Crippen LogP contribution in [0.1, 0.15) is 17.7 Å². The molecule has 3 rings (SSSR count). The first-order chi connectivity index (χ1) is 12.5. The van der Waals surface area contributed by atoms with E-state index in [0.29, 0.717) is 19.1 Å². The van der Waals surface area contributed by atoms with Gasteiger partial charge in [-0.25, -0.2) is 0 Å². The summed E-state index contributed by atoms with van der Waals surface area (Å²) in [6, 6.07) is 6.37. The Labute approximate surface area is 166 Å². The molecule has 2 aromatic rings. The van der Waals surface area contributed by atoms with Crippen molar-refractivity contribution in [2.24, 2.45) is 0 Å². The summed E-state index contributed by atoms with van der Waals surface area (Å²) in [6.07, 6.45) is 3.96. The molecule has 3 heterocycles. The molecular formula is C18H24BrN5OS. The van der Waals surface area contributed by atoms with Crippen molar-refractivity contribution in [3.63, 3.8) is 0 Å². The number of hydrogen-bond donors (Lipinski definition) is 0. The summed E-state index contributed by atoms with van der Waals surface area (Å²) >= 11 is 5.12. The van der Waals surface area contributed by atoms with Crippen LogP contribution in [-0.2, 0) is 11.3 Å². The van der Waals surface area contributed by atoms with Crippen LogP contribution in [0, 0.1) is 0 Å². The fourth-order valence-electron chi connectivity index (χ4n) is 3.31.